The van der Waals surface area contributed by atoms with Crippen molar-refractivity contribution < 1.29 is 29.6 Å². The fourth-order valence-electron chi connectivity index (χ4n) is 1.73. The van der Waals surface area contributed by atoms with Crippen molar-refractivity contribution in [1.82, 2.24) is 10.2 Å². The van der Waals surface area contributed by atoms with E-state index in [-0.39, 0.29) is 11.8 Å². The van der Waals surface area contributed by atoms with E-state index in [9.17, 15) is 15.3 Å². The molecule has 1 saturated heterocycles. The zero-order chi connectivity index (χ0) is 12.6. The topological polar surface area (TPSA) is 129 Å². The highest BCUT2D eigenvalue weighted by molar-refractivity contribution is 4.99. The molecule has 1 fully saturated rings. The SMILES string of the molecule is Cc1nnc([C@H]2O[C@@H](CO)[C@@H](O)[C@@H](O)[C@H]2O)o1. The van der Waals surface area contributed by atoms with Gasteiger partial charge in [0.15, 0.2) is 6.10 Å². The third-order valence-corrected chi connectivity index (χ3v) is 2.68. The molecule has 96 valence electrons. The van der Waals surface area contributed by atoms with Gasteiger partial charge in [-0.1, -0.05) is 0 Å². The van der Waals surface area contributed by atoms with Crippen LogP contribution in [0, 0.1) is 6.92 Å². The fourth-order valence-corrected chi connectivity index (χ4v) is 1.73. The van der Waals surface area contributed by atoms with Gasteiger partial charge in [0, 0.05) is 6.92 Å². The van der Waals surface area contributed by atoms with Crippen molar-refractivity contribution in [3.05, 3.63) is 11.8 Å². The van der Waals surface area contributed by atoms with Crippen LogP contribution in [0.15, 0.2) is 4.42 Å². The van der Waals surface area contributed by atoms with E-state index in [4.69, 9.17) is 14.3 Å². The molecule has 0 amide bonds. The van der Waals surface area contributed by atoms with Gasteiger partial charge < -0.3 is 29.6 Å². The van der Waals surface area contributed by atoms with E-state index in [0.717, 1.165) is 0 Å². The maximum absolute atomic E-state index is 9.74. The van der Waals surface area contributed by atoms with Gasteiger partial charge >= 0.3 is 0 Å². The maximum Gasteiger partial charge on any atom is 0.247 e. The second kappa shape index (κ2) is 4.67. The lowest BCUT2D eigenvalue weighted by molar-refractivity contribution is -0.236. The Labute approximate surface area is 96.5 Å². The van der Waals surface area contributed by atoms with Gasteiger partial charge in [0.2, 0.25) is 11.8 Å². The lowest BCUT2D eigenvalue weighted by Gasteiger charge is -2.38. The predicted octanol–water partition coefficient (Wildman–Crippen LogP) is -2.11. The second-order valence-electron chi connectivity index (χ2n) is 3.91. The molecule has 17 heavy (non-hydrogen) atoms. The largest absolute Gasteiger partial charge is 0.423 e. The minimum Gasteiger partial charge on any atom is -0.423 e. The first-order valence-corrected chi connectivity index (χ1v) is 5.15. The van der Waals surface area contributed by atoms with Crippen molar-refractivity contribution in [1.29, 1.82) is 0 Å². The molecule has 0 saturated carbocycles. The Morgan fingerprint density at radius 3 is 2.35 bits per heavy atom. The van der Waals surface area contributed by atoms with Gasteiger partial charge in [-0.2, -0.15) is 0 Å². The molecule has 1 aliphatic heterocycles. The number of ether oxygens (including phenoxy) is 1. The number of aryl methyl sites for hydroxylation is 1. The molecule has 8 nitrogen and oxygen atoms in total. The van der Waals surface area contributed by atoms with Crippen LogP contribution in [0.5, 0.6) is 0 Å². The standard InChI is InChI=1S/C9H14N2O6/c1-3-10-11-9(16-3)8-7(15)6(14)5(13)4(2-12)17-8/h4-8,12-15H,2H2,1H3/t4-,5+,6+,7+,8-/m0/s1. The van der Waals surface area contributed by atoms with Crippen LogP contribution in [-0.4, -0.2) is 61.6 Å². The molecule has 0 spiro atoms. The Hall–Kier alpha value is -1.06. The quantitative estimate of drug-likeness (QED) is 0.466. The van der Waals surface area contributed by atoms with Gasteiger partial charge in [-0.25, -0.2) is 0 Å². The van der Waals surface area contributed by atoms with Crippen molar-refractivity contribution in [3.8, 4) is 0 Å². The summed E-state index contributed by atoms with van der Waals surface area (Å²) in [4.78, 5) is 0. The van der Waals surface area contributed by atoms with E-state index in [0.29, 0.717) is 0 Å². The molecule has 0 unspecified atom stereocenters. The third kappa shape index (κ3) is 2.17. The van der Waals surface area contributed by atoms with Crippen LogP contribution in [-0.2, 0) is 4.74 Å². The van der Waals surface area contributed by atoms with Crippen LogP contribution >= 0.6 is 0 Å². The van der Waals surface area contributed by atoms with E-state index in [1.54, 1.807) is 6.92 Å². The van der Waals surface area contributed by atoms with E-state index in [1.165, 1.54) is 0 Å². The summed E-state index contributed by atoms with van der Waals surface area (Å²) in [7, 11) is 0. The number of aliphatic hydroxyl groups is 4. The molecule has 1 aromatic rings. The average Bonchev–Trinajstić information content (AvgIpc) is 2.73. The summed E-state index contributed by atoms with van der Waals surface area (Å²) in [5.41, 5.74) is 0. The molecule has 0 aromatic carbocycles. The molecule has 4 N–H and O–H groups in total. The van der Waals surface area contributed by atoms with Crippen molar-refractivity contribution in [3.63, 3.8) is 0 Å². The number of nitrogens with zero attached hydrogens (tertiary/aromatic N) is 2. The highest BCUT2D eigenvalue weighted by Crippen LogP contribution is 2.31. The minimum absolute atomic E-state index is 0.000556. The Bertz CT molecular complexity index is 381. The van der Waals surface area contributed by atoms with Crippen LogP contribution in [0.2, 0.25) is 0 Å². The first-order valence-electron chi connectivity index (χ1n) is 5.15. The third-order valence-electron chi connectivity index (χ3n) is 2.68. The average molecular weight is 246 g/mol. The molecule has 8 heteroatoms. The molecule has 2 heterocycles. The summed E-state index contributed by atoms with van der Waals surface area (Å²) in [6, 6.07) is 0. The van der Waals surface area contributed by atoms with Gasteiger partial charge in [-0.3, -0.25) is 0 Å². The number of aliphatic hydroxyl groups excluding tert-OH is 4. The molecule has 0 bridgehead atoms. The van der Waals surface area contributed by atoms with Crippen molar-refractivity contribution in [2.45, 2.75) is 37.4 Å². The van der Waals surface area contributed by atoms with Crippen LogP contribution in [0.25, 0.3) is 0 Å². The zero-order valence-electron chi connectivity index (χ0n) is 9.09. The molecule has 1 aliphatic rings. The summed E-state index contributed by atoms with van der Waals surface area (Å²) in [6.07, 6.45) is -6.28. The molecular weight excluding hydrogens is 232 g/mol. The van der Waals surface area contributed by atoms with Crippen molar-refractivity contribution in [2.24, 2.45) is 0 Å². The summed E-state index contributed by atoms with van der Waals surface area (Å²) in [5, 5.41) is 45.1. The van der Waals surface area contributed by atoms with E-state index >= 15 is 0 Å². The van der Waals surface area contributed by atoms with Crippen molar-refractivity contribution >= 4 is 0 Å². The van der Waals surface area contributed by atoms with E-state index in [1.807, 2.05) is 0 Å². The molecule has 0 aliphatic carbocycles. The Morgan fingerprint density at radius 1 is 1.12 bits per heavy atom. The van der Waals surface area contributed by atoms with E-state index in [2.05, 4.69) is 10.2 Å². The normalized spacial score (nSPS) is 38.3. The fraction of sp³-hybridized carbons (Fsp3) is 0.778. The van der Waals surface area contributed by atoms with Crippen LogP contribution < -0.4 is 0 Å². The minimum atomic E-state index is -1.45. The van der Waals surface area contributed by atoms with Gasteiger partial charge in [0.1, 0.15) is 24.4 Å². The molecule has 5 atom stereocenters. The predicted molar refractivity (Wildman–Crippen MR) is 51.8 cm³/mol. The molecule has 2 rings (SSSR count). The summed E-state index contributed by atoms with van der Waals surface area (Å²) >= 11 is 0. The maximum atomic E-state index is 9.74. The van der Waals surface area contributed by atoms with Gasteiger partial charge in [-0.05, 0) is 0 Å². The second-order valence-corrected chi connectivity index (χ2v) is 3.91. The lowest BCUT2D eigenvalue weighted by atomic mass is 9.95. The van der Waals surface area contributed by atoms with E-state index < -0.39 is 37.1 Å². The molecular formula is C9H14N2O6. The van der Waals surface area contributed by atoms with Crippen LogP contribution in [0.4, 0.5) is 0 Å². The highest BCUT2D eigenvalue weighted by atomic mass is 16.6. The smallest absolute Gasteiger partial charge is 0.247 e. The number of hydrogen-bond donors (Lipinski definition) is 4. The molecule has 0 radical (unpaired) electrons. The lowest BCUT2D eigenvalue weighted by Crippen LogP contribution is -2.55. The Balaban J connectivity index is 2.22. The number of aromatic nitrogens is 2. The first-order chi connectivity index (χ1) is 8.04. The number of hydrogen-bond acceptors (Lipinski definition) is 8. The van der Waals surface area contributed by atoms with Crippen LogP contribution in [0.3, 0.4) is 0 Å². The summed E-state index contributed by atoms with van der Waals surface area (Å²) in [5.74, 6) is 0.288. The Morgan fingerprint density at radius 2 is 1.82 bits per heavy atom. The Kier molecular flexibility index (Phi) is 3.40. The van der Waals surface area contributed by atoms with Crippen molar-refractivity contribution in [2.75, 3.05) is 6.61 Å². The highest BCUT2D eigenvalue weighted by Gasteiger charge is 2.46. The summed E-state index contributed by atoms with van der Waals surface area (Å²) < 4.78 is 10.3. The zero-order valence-corrected chi connectivity index (χ0v) is 9.09. The first kappa shape index (κ1) is 12.4. The van der Waals surface area contributed by atoms with Gasteiger partial charge in [-0.15, -0.1) is 10.2 Å². The number of rotatable bonds is 2. The summed E-state index contributed by atoms with van der Waals surface area (Å²) in [6.45, 7) is 1.08. The van der Waals surface area contributed by atoms with Crippen LogP contribution in [0.1, 0.15) is 17.9 Å². The monoisotopic (exact) mass is 246 g/mol. The van der Waals surface area contributed by atoms with Gasteiger partial charge in [0.25, 0.3) is 0 Å². The molecule has 1 aromatic heterocycles. The van der Waals surface area contributed by atoms with Gasteiger partial charge in [0.05, 0.1) is 6.61 Å².